The van der Waals surface area contributed by atoms with Crippen molar-refractivity contribution < 1.29 is 22.6 Å². The van der Waals surface area contributed by atoms with Crippen LogP contribution in [0.5, 0.6) is 5.75 Å². The van der Waals surface area contributed by atoms with Crippen molar-refractivity contribution in [1.29, 1.82) is 0 Å². The van der Waals surface area contributed by atoms with Gasteiger partial charge in [0.05, 0.1) is 0 Å². The standard InChI is InChI=1S/C14H14.C6H6O.H3N.H2O4S/c1-12(13-8-4-2-5-9-13)14-10-6-3-7-11-14;7-6-4-2-1-3-5-6;;1-5(2,3)4/h2-12H,1H3;1-5,7H;1H3;(H2,1,2,3,4). The first-order valence-electron chi connectivity index (χ1n) is 7.81. The summed E-state index contributed by atoms with van der Waals surface area (Å²) in [5, 5.41) is 8.63. The Bertz CT molecular complexity index is 794. The van der Waals surface area contributed by atoms with Crippen LogP contribution in [0.4, 0.5) is 0 Å². The van der Waals surface area contributed by atoms with Gasteiger partial charge >= 0.3 is 10.4 Å². The van der Waals surface area contributed by atoms with Crippen LogP contribution in [0.1, 0.15) is 24.0 Å². The molecule has 0 saturated carbocycles. The first-order valence-corrected chi connectivity index (χ1v) is 9.21. The lowest BCUT2D eigenvalue weighted by molar-refractivity contribution is 0.381. The monoisotopic (exact) mass is 391 g/mol. The molecule has 6 nitrogen and oxygen atoms in total. The quantitative estimate of drug-likeness (QED) is 0.467. The molecule has 27 heavy (non-hydrogen) atoms. The molecule has 6 N–H and O–H groups in total. The van der Waals surface area contributed by atoms with Crippen molar-refractivity contribution in [3.8, 4) is 5.75 Å². The van der Waals surface area contributed by atoms with Gasteiger partial charge in [-0.1, -0.05) is 85.8 Å². The molecule has 0 unspecified atom stereocenters. The highest BCUT2D eigenvalue weighted by Crippen LogP contribution is 2.22. The molecule has 0 aliphatic carbocycles. The topological polar surface area (TPSA) is 130 Å². The lowest BCUT2D eigenvalue weighted by Gasteiger charge is -2.11. The van der Waals surface area contributed by atoms with Gasteiger partial charge in [-0.15, -0.1) is 0 Å². The van der Waals surface area contributed by atoms with Gasteiger partial charge in [-0.2, -0.15) is 8.42 Å². The summed E-state index contributed by atoms with van der Waals surface area (Å²) in [6.07, 6.45) is 0. The number of benzene rings is 3. The Balaban J connectivity index is 0.000000438. The minimum absolute atomic E-state index is 0. The fourth-order valence-corrected chi connectivity index (χ4v) is 2.10. The molecule has 0 radical (unpaired) electrons. The fourth-order valence-electron chi connectivity index (χ4n) is 2.10. The number of aromatic hydroxyl groups is 1. The molecule has 0 bridgehead atoms. The molecule has 0 amide bonds. The zero-order chi connectivity index (χ0) is 19.4. The van der Waals surface area contributed by atoms with E-state index in [0.29, 0.717) is 11.7 Å². The Kier molecular flexibility index (Phi) is 11.3. The summed E-state index contributed by atoms with van der Waals surface area (Å²) in [6, 6.07) is 29.9. The third-order valence-corrected chi connectivity index (χ3v) is 3.36. The van der Waals surface area contributed by atoms with E-state index >= 15 is 0 Å². The van der Waals surface area contributed by atoms with Crippen molar-refractivity contribution in [1.82, 2.24) is 6.15 Å². The second-order valence-corrected chi connectivity index (χ2v) is 6.22. The lowest BCUT2D eigenvalue weighted by Crippen LogP contribution is -1.94. The second kappa shape index (κ2) is 12.6. The van der Waals surface area contributed by atoms with Gasteiger partial charge in [-0.3, -0.25) is 9.11 Å². The summed E-state index contributed by atoms with van der Waals surface area (Å²) >= 11 is 0. The molecular weight excluding hydrogens is 366 g/mol. The number of phenols is 1. The molecule has 0 spiro atoms. The average Bonchev–Trinajstić information content (AvgIpc) is 2.62. The van der Waals surface area contributed by atoms with Crippen molar-refractivity contribution in [2.24, 2.45) is 0 Å². The molecule has 0 aromatic heterocycles. The number of para-hydroxylation sites is 1. The molecule has 7 heteroatoms. The Morgan fingerprint density at radius 2 is 0.926 bits per heavy atom. The molecule has 3 rings (SSSR count). The van der Waals surface area contributed by atoms with Gasteiger partial charge in [0.15, 0.2) is 0 Å². The number of rotatable bonds is 2. The van der Waals surface area contributed by atoms with E-state index in [1.54, 1.807) is 24.3 Å². The van der Waals surface area contributed by atoms with Crippen LogP contribution in [-0.2, 0) is 10.4 Å². The van der Waals surface area contributed by atoms with Gasteiger partial charge in [-0.05, 0) is 23.3 Å². The van der Waals surface area contributed by atoms with E-state index in [4.69, 9.17) is 22.6 Å². The van der Waals surface area contributed by atoms with Gasteiger partial charge < -0.3 is 11.3 Å². The fraction of sp³-hybridized carbons (Fsp3) is 0.100. The third kappa shape index (κ3) is 12.3. The molecule has 0 atom stereocenters. The van der Waals surface area contributed by atoms with Crippen molar-refractivity contribution in [3.63, 3.8) is 0 Å². The van der Waals surface area contributed by atoms with Gasteiger partial charge in [0.2, 0.25) is 0 Å². The molecule has 3 aromatic rings. The zero-order valence-electron chi connectivity index (χ0n) is 15.0. The van der Waals surface area contributed by atoms with Gasteiger partial charge in [-0.25, -0.2) is 0 Å². The van der Waals surface area contributed by atoms with E-state index in [2.05, 4.69) is 67.6 Å². The largest absolute Gasteiger partial charge is 0.508 e. The third-order valence-electron chi connectivity index (χ3n) is 3.36. The number of hydrogen-bond acceptors (Lipinski definition) is 4. The summed E-state index contributed by atoms with van der Waals surface area (Å²) in [4.78, 5) is 0. The zero-order valence-corrected chi connectivity index (χ0v) is 15.8. The predicted molar refractivity (Wildman–Crippen MR) is 108 cm³/mol. The first-order chi connectivity index (χ1) is 12.3. The molecular formula is C20H25NO5S. The van der Waals surface area contributed by atoms with Gasteiger partial charge in [0.1, 0.15) is 5.75 Å². The molecule has 0 heterocycles. The maximum atomic E-state index is 8.74. The van der Waals surface area contributed by atoms with Crippen molar-refractivity contribution >= 4 is 10.4 Å². The number of phenolic OH excluding ortho intramolecular Hbond substituents is 1. The molecule has 0 saturated heterocycles. The predicted octanol–water partition coefficient (Wildman–Crippen LogP) is 4.74. The summed E-state index contributed by atoms with van der Waals surface area (Å²) in [6.45, 7) is 2.24. The van der Waals surface area contributed by atoms with Crippen LogP contribution in [-0.4, -0.2) is 22.6 Å². The SMILES string of the molecule is CC(c1ccccc1)c1ccccc1.N.O=S(=O)(O)O.Oc1ccccc1. The van der Waals surface area contributed by atoms with Crippen LogP contribution >= 0.6 is 0 Å². The Morgan fingerprint density at radius 1 is 0.667 bits per heavy atom. The molecule has 146 valence electrons. The highest BCUT2D eigenvalue weighted by molar-refractivity contribution is 7.79. The summed E-state index contributed by atoms with van der Waals surface area (Å²) in [5.74, 6) is 0.805. The highest BCUT2D eigenvalue weighted by Gasteiger charge is 2.05. The van der Waals surface area contributed by atoms with E-state index in [-0.39, 0.29) is 6.15 Å². The smallest absolute Gasteiger partial charge is 0.394 e. The van der Waals surface area contributed by atoms with Crippen LogP contribution in [0.3, 0.4) is 0 Å². The average molecular weight is 391 g/mol. The molecule has 0 fully saturated rings. The molecule has 0 aliphatic heterocycles. The summed E-state index contributed by atoms with van der Waals surface area (Å²) in [7, 11) is -4.67. The van der Waals surface area contributed by atoms with Crippen LogP contribution in [0.25, 0.3) is 0 Å². The van der Waals surface area contributed by atoms with Crippen LogP contribution in [0.2, 0.25) is 0 Å². The second-order valence-electron chi connectivity index (χ2n) is 5.33. The summed E-state index contributed by atoms with van der Waals surface area (Å²) in [5.41, 5.74) is 2.75. The Hall–Kier alpha value is -2.71. The maximum absolute atomic E-state index is 8.74. The number of hydrogen-bond donors (Lipinski definition) is 4. The Morgan fingerprint density at radius 3 is 1.15 bits per heavy atom. The van der Waals surface area contributed by atoms with E-state index in [1.807, 2.05) is 6.07 Å². The van der Waals surface area contributed by atoms with E-state index in [0.717, 1.165) is 0 Å². The van der Waals surface area contributed by atoms with Crippen molar-refractivity contribution in [3.05, 3.63) is 102 Å². The minimum atomic E-state index is -4.67. The van der Waals surface area contributed by atoms with E-state index in [1.165, 1.54) is 11.1 Å². The lowest BCUT2D eigenvalue weighted by atomic mass is 9.93. The van der Waals surface area contributed by atoms with Crippen LogP contribution < -0.4 is 6.15 Å². The van der Waals surface area contributed by atoms with E-state index in [9.17, 15) is 0 Å². The van der Waals surface area contributed by atoms with Crippen molar-refractivity contribution in [2.75, 3.05) is 0 Å². The minimum Gasteiger partial charge on any atom is -0.508 e. The van der Waals surface area contributed by atoms with Crippen molar-refractivity contribution in [2.45, 2.75) is 12.8 Å². The first kappa shape index (κ1) is 24.3. The normalized spacial score (nSPS) is 9.78. The van der Waals surface area contributed by atoms with Gasteiger partial charge in [0.25, 0.3) is 0 Å². The summed E-state index contributed by atoms with van der Waals surface area (Å²) < 4.78 is 31.6. The van der Waals surface area contributed by atoms with Gasteiger partial charge in [0, 0.05) is 5.92 Å². The highest BCUT2D eigenvalue weighted by atomic mass is 32.3. The molecule has 3 aromatic carbocycles. The van der Waals surface area contributed by atoms with Crippen LogP contribution in [0, 0.1) is 0 Å². The molecule has 0 aliphatic rings. The van der Waals surface area contributed by atoms with E-state index < -0.39 is 10.4 Å². The Labute approximate surface area is 160 Å². The maximum Gasteiger partial charge on any atom is 0.394 e. The van der Waals surface area contributed by atoms with Crippen LogP contribution in [0.15, 0.2) is 91.0 Å².